The van der Waals surface area contributed by atoms with Gasteiger partial charge in [-0.25, -0.2) is 19.9 Å². The van der Waals surface area contributed by atoms with Crippen LogP contribution >= 0.6 is 0 Å². The molecule has 0 bridgehead atoms. The molecular formula is C21H25N7O4. The van der Waals surface area contributed by atoms with E-state index >= 15 is 0 Å². The van der Waals surface area contributed by atoms with Crippen LogP contribution in [0.5, 0.6) is 11.5 Å². The minimum absolute atomic E-state index is 0.0204. The first kappa shape index (κ1) is 21.3. The first-order valence-corrected chi connectivity index (χ1v) is 10.5. The number of para-hydroxylation sites is 2. The largest absolute Gasteiger partial charge is 0.490 e. The number of H-pyrrole nitrogens is 2. The van der Waals surface area contributed by atoms with Crippen molar-refractivity contribution in [2.45, 2.75) is 32.4 Å². The standard InChI is InChI=1S/C21H25N7O4/c1-2-31-16-7-3-4-8-17(16)32-15-6-5-9-28(13-15)20-23-10-14(11-24-20)19(29)22-12-18-25-21(30)27-26-18/h3-4,7-8,10-11,15H,2,5-6,9,12-13H2,1H3,(H,22,29)(H2,25,26,27,30). The van der Waals surface area contributed by atoms with Gasteiger partial charge in [0.05, 0.1) is 25.3 Å². The van der Waals surface area contributed by atoms with Gasteiger partial charge in [-0.3, -0.25) is 9.89 Å². The molecule has 0 aliphatic carbocycles. The number of anilines is 1. The Balaban J connectivity index is 1.35. The first-order valence-electron chi connectivity index (χ1n) is 10.5. The van der Waals surface area contributed by atoms with Gasteiger partial charge < -0.3 is 19.7 Å². The highest BCUT2D eigenvalue weighted by molar-refractivity contribution is 5.93. The van der Waals surface area contributed by atoms with Crippen molar-refractivity contribution in [2.24, 2.45) is 0 Å². The van der Waals surface area contributed by atoms with Gasteiger partial charge in [0.2, 0.25) is 5.95 Å². The highest BCUT2D eigenvalue weighted by atomic mass is 16.5. The summed E-state index contributed by atoms with van der Waals surface area (Å²) >= 11 is 0. The second-order valence-electron chi connectivity index (χ2n) is 7.28. The molecule has 3 heterocycles. The molecule has 4 rings (SSSR count). The number of carbonyl (C=O) groups excluding carboxylic acids is 1. The number of aromatic nitrogens is 5. The Kier molecular flexibility index (Phi) is 6.63. The summed E-state index contributed by atoms with van der Waals surface area (Å²) in [7, 11) is 0. The number of nitrogens with zero attached hydrogens (tertiary/aromatic N) is 4. The molecule has 1 aliphatic rings. The average Bonchev–Trinajstić information content (AvgIpc) is 3.24. The number of hydrogen-bond donors (Lipinski definition) is 3. The molecule has 11 nitrogen and oxygen atoms in total. The van der Waals surface area contributed by atoms with E-state index in [-0.39, 0.29) is 18.6 Å². The quantitative estimate of drug-likeness (QED) is 0.477. The lowest BCUT2D eigenvalue weighted by atomic mass is 10.1. The third-order valence-corrected chi connectivity index (χ3v) is 4.97. The van der Waals surface area contributed by atoms with Crippen molar-refractivity contribution < 1.29 is 14.3 Å². The van der Waals surface area contributed by atoms with Gasteiger partial charge in [-0.05, 0) is 31.9 Å². The van der Waals surface area contributed by atoms with E-state index in [4.69, 9.17) is 9.47 Å². The van der Waals surface area contributed by atoms with Crippen molar-refractivity contribution in [3.05, 3.63) is 58.5 Å². The van der Waals surface area contributed by atoms with Gasteiger partial charge in [-0.1, -0.05) is 12.1 Å². The number of aromatic amines is 2. The molecule has 1 amide bonds. The van der Waals surface area contributed by atoms with Gasteiger partial charge in [-0.2, -0.15) is 4.98 Å². The van der Waals surface area contributed by atoms with E-state index in [1.807, 2.05) is 36.1 Å². The Hall–Kier alpha value is -3.89. The number of hydrogen-bond acceptors (Lipinski definition) is 8. The molecule has 32 heavy (non-hydrogen) atoms. The van der Waals surface area contributed by atoms with Crippen LogP contribution < -0.4 is 25.4 Å². The number of amides is 1. The lowest BCUT2D eigenvalue weighted by Crippen LogP contribution is -2.42. The number of piperidine rings is 1. The van der Waals surface area contributed by atoms with Crippen molar-refractivity contribution in [1.29, 1.82) is 0 Å². The van der Waals surface area contributed by atoms with Crippen LogP contribution in [0, 0.1) is 0 Å². The Morgan fingerprint density at radius 1 is 1.22 bits per heavy atom. The summed E-state index contributed by atoms with van der Waals surface area (Å²) in [5.74, 6) is 1.99. The molecule has 3 aromatic rings. The summed E-state index contributed by atoms with van der Waals surface area (Å²) in [5.41, 5.74) is -0.172. The van der Waals surface area contributed by atoms with Crippen molar-refractivity contribution in [3.63, 3.8) is 0 Å². The third-order valence-electron chi connectivity index (χ3n) is 4.97. The molecule has 2 aromatic heterocycles. The fraction of sp³-hybridized carbons (Fsp3) is 0.381. The summed E-state index contributed by atoms with van der Waals surface area (Å²) < 4.78 is 11.9. The van der Waals surface area contributed by atoms with E-state index in [2.05, 4.69) is 30.5 Å². The summed E-state index contributed by atoms with van der Waals surface area (Å²) in [5, 5.41) is 7.55. The monoisotopic (exact) mass is 439 g/mol. The fourth-order valence-corrected chi connectivity index (χ4v) is 3.47. The molecule has 1 aliphatic heterocycles. The smallest absolute Gasteiger partial charge is 0.361 e. The minimum Gasteiger partial charge on any atom is -0.490 e. The molecule has 1 saturated heterocycles. The van der Waals surface area contributed by atoms with E-state index in [0.29, 0.717) is 30.5 Å². The van der Waals surface area contributed by atoms with Crippen LogP contribution in [-0.4, -0.2) is 56.9 Å². The average molecular weight is 439 g/mol. The Bertz CT molecular complexity index is 1100. The predicted octanol–water partition coefficient (Wildman–Crippen LogP) is 1.26. The van der Waals surface area contributed by atoms with Crippen molar-refractivity contribution in [1.82, 2.24) is 30.5 Å². The lowest BCUT2D eigenvalue weighted by Gasteiger charge is -2.33. The molecule has 0 radical (unpaired) electrons. The van der Waals surface area contributed by atoms with E-state index in [1.165, 1.54) is 12.4 Å². The molecule has 0 spiro atoms. The van der Waals surface area contributed by atoms with Gasteiger partial charge >= 0.3 is 5.69 Å². The topological polar surface area (TPSA) is 138 Å². The van der Waals surface area contributed by atoms with Crippen molar-refractivity contribution in [3.8, 4) is 11.5 Å². The normalized spacial score (nSPS) is 15.9. The predicted molar refractivity (Wildman–Crippen MR) is 116 cm³/mol. The van der Waals surface area contributed by atoms with Gasteiger partial charge in [0.1, 0.15) is 11.9 Å². The molecule has 1 unspecified atom stereocenters. The summed E-state index contributed by atoms with van der Waals surface area (Å²) in [6, 6.07) is 7.66. The summed E-state index contributed by atoms with van der Waals surface area (Å²) in [6.45, 7) is 4.06. The number of carbonyl (C=O) groups is 1. The summed E-state index contributed by atoms with van der Waals surface area (Å²) in [6.07, 6.45) is 4.81. The minimum atomic E-state index is -0.493. The van der Waals surface area contributed by atoms with Gasteiger partial charge in [0.25, 0.3) is 5.91 Å². The summed E-state index contributed by atoms with van der Waals surface area (Å²) in [4.78, 5) is 37.7. The number of ether oxygens (including phenoxy) is 2. The molecule has 168 valence electrons. The number of rotatable bonds is 8. The first-order chi connectivity index (χ1) is 15.6. The van der Waals surface area contributed by atoms with E-state index in [1.54, 1.807) is 0 Å². The zero-order chi connectivity index (χ0) is 22.3. The maximum Gasteiger partial charge on any atom is 0.361 e. The third kappa shape index (κ3) is 5.23. The van der Waals surface area contributed by atoms with Crippen molar-refractivity contribution in [2.75, 3.05) is 24.6 Å². The highest BCUT2D eigenvalue weighted by Crippen LogP contribution is 2.29. The highest BCUT2D eigenvalue weighted by Gasteiger charge is 2.24. The van der Waals surface area contributed by atoms with Crippen molar-refractivity contribution >= 4 is 11.9 Å². The molecule has 1 atom stereocenters. The molecule has 3 N–H and O–H groups in total. The Morgan fingerprint density at radius 3 is 2.72 bits per heavy atom. The maximum absolute atomic E-state index is 12.3. The van der Waals surface area contributed by atoms with E-state index < -0.39 is 5.69 Å². The zero-order valence-electron chi connectivity index (χ0n) is 17.7. The van der Waals surface area contributed by atoms with Crippen LogP contribution in [0.2, 0.25) is 0 Å². The number of nitrogens with one attached hydrogen (secondary N) is 3. The molecule has 0 saturated carbocycles. The maximum atomic E-state index is 12.3. The zero-order valence-corrected chi connectivity index (χ0v) is 17.7. The van der Waals surface area contributed by atoms with E-state index in [0.717, 1.165) is 30.9 Å². The fourth-order valence-electron chi connectivity index (χ4n) is 3.47. The Morgan fingerprint density at radius 2 is 2.00 bits per heavy atom. The van der Waals surface area contributed by atoms with Gasteiger partial charge in [0.15, 0.2) is 11.5 Å². The number of benzene rings is 1. The molecule has 1 aromatic carbocycles. The second-order valence-corrected chi connectivity index (χ2v) is 7.28. The van der Waals surface area contributed by atoms with E-state index in [9.17, 15) is 9.59 Å². The van der Waals surface area contributed by atoms with Gasteiger partial charge in [0, 0.05) is 18.9 Å². The van der Waals surface area contributed by atoms with Crippen LogP contribution in [0.1, 0.15) is 35.9 Å². The second kappa shape index (κ2) is 9.94. The van der Waals surface area contributed by atoms with Crippen LogP contribution in [0.25, 0.3) is 0 Å². The molecule has 11 heteroatoms. The van der Waals surface area contributed by atoms with Crippen LogP contribution in [-0.2, 0) is 6.54 Å². The van der Waals surface area contributed by atoms with Crippen LogP contribution in [0.15, 0.2) is 41.5 Å². The molecular weight excluding hydrogens is 414 g/mol. The lowest BCUT2D eigenvalue weighted by molar-refractivity contribution is 0.0949. The van der Waals surface area contributed by atoms with Gasteiger partial charge in [-0.15, -0.1) is 0 Å². The van der Waals surface area contributed by atoms with Crippen LogP contribution in [0.3, 0.4) is 0 Å². The molecule has 1 fully saturated rings. The SMILES string of the molecule is CCOc1ccccc1OC1CCCN(c2ncc(C(=O)NCc3nc(=O)[nH][nH]3)cn2)C1. The Labute approximate surface area is 184 Å². The van der Waals surface area contributed by atoms with Crippen LogP contribution in [0.4, 0.5) is 5.95 Å².